The molecule has 1 saturated carbocycles. The first-order valence-corrected chi connectivity index (χ1v) is 7.00. The van der Waals surface area contributed by atoms with E-state index in [0.717, 1.165) is 18.4 Å². The molecule has 0 spiro atoms. The number of hydrogen-bond donors (Lipinski definition) is 4. The Morgan fingerprint density at radius 1 is 1.10 bits per heavy atom. The van der Waals surface area contributed by atoms with Crippen LogP contribution in [0.25, 0.3) is 11.0 Å². The number of carbonyl (C=O) groups excluding carboxylic acids is 1. The summed E-state index contributed by atoms with van der Waals surface area (Å²) in [6, 6.07) is 5.37. The van der Waals surface area contributed by atoms with E-state index in [1.54, 1.807) is 18.2 Å². The molecule has 1 aliphatic rings. The van der Waals surface area contributed by atoms with Gasteiger partial charge in [-0.2, -0.15) is 0 Å². The molecule has 6 nitrogen and oxygen atoms in total. The SMILES string of the molecule is O=C(Nc1ccc2[nH]c(=O)[nH]c2c1)NC1CCCCC1. The van der Waals surface area contributed by atoms with Gasteiger partial charge >= 0.3 is 11.7 Å². The Balaban J connectivity index is 1.65. The number of urea groups is 1. The van der Waals surface area contributed by atoms with Gasteiger partial charge in [0.15, 0.2) is 0 Å². The van der Waals surface area contributed by atoms with Gasteiger partial charge in [0, 0.05) is 11.7 Å². The van der Waals surface area contributed by atoms with Gasteiger partial charge < -0.3 is 20.6 Å². The summed E-state index contributed by atoms with van der Waals surface area (Å²) < 4.78 is 0. The van der Waals surface area contributed by atoms with Crippen molar-refractivity contribution in [1.29, 1.82) is 0 Å². The Kier molecular flexibility index (Phi) is 3.45. The van der Waals surface area contributed by atoms with E-state index in [1.807, 2.05) is 0 Å². The molecule has 106 valence electrons. The Hall–Kier alpha value is -2.24. The van der Waals surface area contributed by atoms with Crippen LogP contribution in [0.1, 0.15) is 32.1 Å². The van der Waals surface area contributed by atoms with Crippen molar-refractivity contribution in [3.63, 3.8) is 0 Å². The molecule has 3 rings (SSSR count). The second-order valence-corrected chi connectivity index (χ2v) is 5.27. The summed E-state index contributed by atoms with van der Waals surface area (Å²) in [7, 11) is 0. The Bertz CT molecular complexity index is 667. The van der Waals surface area contributed by atoms with Crippen LogP contribution in [-0.2, 0) is 0 Å². The van der Waals surface area contributed by atoms with Gasteiger partial charge in [0.05, 0.1) is 11.0 Å². The molecule has 6 heteroatoms. The largest absolute Gasteiger partial charge is 0.335 e. The number of H-pyrrole nitrogens is 2. The quantitative estimate of drug-likeness (QED) is 0.677. The third-order valence-electron chi connectivity index (χ3n) is 3.71. The van der Waals surface area contributed by atoms with Crippen molar-refractivity contribution in [3.8, 4) is 0 Å². The maximum absolute atomic E-state index is 11.9. The highest BCUT2D eigenvalue weighted by atomic mass is 16.2. The minimum Gasteiger partial charge on any atom is -0.335 e. The molecule has 1 aromatic heterocycles. The first-order chi connectivity index (χ1) is 9.70. The second-order valence-electron chi connectivity index (χ2n) is 5.27. The molecular weight excluding hydrogens is 256 g/mol. The number of rotatable bonds is 2. The van der Waals surface area contributed by atoms with Gasteiger partial charge in [0.1, 0.15) is 0 Å². The predicted molar refractivity (Wildman–Crippen MR) is 77.9 cm³/mol. The van der Waals surface area contributed by atoms with Gasteiger partial charge in [-0.1, -0.05) is 19.3 Å². The van der Waals surface area contributed by atoms with Crippen LogP contribution in [0, 0.1) is 0 Å². The van der Waals surface area contributed by atoms with Crippen molar-refractivity contribution >= 4 is 22.8 Å². The molecule has 0 bridgehead atoms. The Morgan fingerprint density at radius 3 is 2.65 bits per heavy atom. The first-order valence-electron chi connectivity index (χ1n) is 7.00. The molecule has 2 aromatic rings. The number of anilines is 1. The molecule has 2 amide bonds. The van der Waals surface area contributed by atoms with E-state index in [-0.39, 0.29) is 17.8 Å². The Morgan fingerprint density at radius 2 is 1.85 bits per heavy atom. The van der Waals surface area contributed by atoms with Gasteiger partial charge in [0.25, 0.3) is 0 Å². The first kappa shape index (κ1) is 12.8. The van der Waals surface area contributed by atoms with E-state index in [0.29, 0.717) is 11.2 Å². The van der Waals surface area contributed by atoms with Crippen molar-refractivity contribution in [2.24, 2.45) is 0 Å². The third kappa shape index (κ3) is 2.84. The van der Waals surface area contributed by atoms with Crippen LogP contribution in [0.15, 0.2) is 23.0 Å². The number of hydrogen-bond acceptors (Lipinski definition) is 2. The summed E-state index contributed by atoms with van der Waals surface area (Å²) in [5, 5.41) is 5.80. The van der Waals surface area contributed by atoms with E-state index < -0.39 is 0 Å². The number of aromatic nitrogens is 2. The number of aromatic amines is 2. The van der Waals surface area contributed by atoms with Crippen molar-refractivity contribution in [2.75, 3.05) is 5.32 Å². The summed E-state index contributed by atoms with van der Waals surface area (Å²) in [4.78, 5) is 28.4. The van der Waals surface area contributed by atoms with Gasteiger partial charge in [0.2, 0.25) is 0 Å². The average molecular weight is 274 g/mol. The topological polar surface area (TPSA) is 89.8 Å². The fourth-order valence-electron chi connectivity index (χ4n) is 2.71. The molecule has 0 saturated heterocycles. The minimum atomic E-state index is -0.246. The van der Waals surface area contributed by atoms with E-state index in [4.69, 9.17) is 0 Å². The van der Waals surface area contributed by atoms with Crippen LogP contribution in [0.2, 0.25) is 0 Å². The van der Waals surface area contributed by atoms with Crippen LogP contribution in [0.3, 0.4) is 0 Å². The molecule has 1 aromatic carbocycles. The van der Waals surface area contributed by atoms with Crippen molar-refractivity contribution in [2.45, 2.75) is 38.1 Å². The lowest BCUT2D eigenvalue weighted by Crippen LogP contribution is -2.38. The standard InChI is InChI=1S/C14H18N4O2/c19-13(15-9-4-2-1-3-5-9)16-10-6-7-11-12(8-10)18-14(20)17-11/h6-9H,1-5H2,(H2,15,16,19)(H2,17,18,20). The molecule has 20 heavy (non-hydrogen) atoms. The normalized spacial score (nSPS) is 16.2. The number of nitrogens with one attached hydrogen (secondary N) is 4. The average Bonchev–Trinajstić information content (AvgIpc) is 2.79. The summed E-state index contributed by atoms with van der Waals surface area (Å²) in [6.07, 6.45) is 5.73. The fraction of sp³-hybridized carbons (Fsp3) is 0.429. The summed E-state index contributed by atoms with van der Waals surface area (Å²) >= 11 is 0. The number of imidazole rings is 1. The fourth-order valence-corrected chi connectivity index (χ4v) is 2.71. The van der Waals surface area contributed by atoms with E-state index in [1.165, 1.54) is 19.3 Å². The minimum absolute atomic E-state index is 0.186. The molecule has 0 aliphatic heterocycles. The van der Waals surface area contributed by atoms with Crippen LogP contribution in [0.4, 0.5) is 10.5 Å². The van der Waals surface area contributed by atoms with Crippen molar-refractivity contribution < 1.29 is 4.79 Å². The molecular formula is C14H18N4O2. The van der Waals surface area contributed by atoms with Crippen LogP contribution in [0.5, 0.6) is 0 Å². The van der Waals surface area contributed by atoms with Gasteiger partial charge in [-0.15, -0.1) is 0 Å². The van der Waals surface area contributed by atoms with Crippen LogP contribution < -0.4 is 16.3 Å². The molecule has 1 heterocycles. The predicted octanol–water partition coefficient (Wildman–Crippen LogP) is 2.31. The monoisotopic (exact) mass is 274 g/mol. The van der Waals surface area contributed by atoms with E-state index >= 15 is 0 Å². The smallest absolute Gasteiger partial charge is 0.323 e. The molecule has 1 fully saturated rings. The Labute approximate surface area is 116 Å². The maximum Gasteiger partial charge on any atom is 0.323 e. The number of amides is 2. The summed E-state index contributed by atoms with van der Waals surface area (Å²) in [5.41, 5.74) is 1.84. The lowest BCUT2D eigenvalue weighted by molar-refractivity contribution is 0.244. The third-order valence-corrected chi connectivity index (χ3v) is 3.71. The van der Waals surface area contributed by atoms with E-state index in [9.17, 15) is 9.59 Å². The molecule has 1 aliphatic carbocycles. The zero-order chi connectivity index (χ0) is 13.9. The van der Waals surface area contributed by atoms with Gasteiger partial charge in [-0.25, -0.2) is 9.59 Å². The molecule has 0 radical (unpaired) electrons. The van der Waals surface area contributed by atoms with Crippen LogP contribution >= 0.6 is 0 Å². The number of benzene rings is 1. The zero-order valence-electron chi connectivity index (χ0n) is 11.2. The highest BCUT2D eigenvalue weighted by Crippen LogP contribution is 2.18. The van der Waals surface area contributed by atoms with E-state index in [2.05, 4.69) is 20.6 Å². The van der Waals surface area contributed by atoms with Crippen molar-refractivity contribution in [1.82, 2.24) is 15.3 Å². The van der Waals surface area contributed by atoms with Crippen LogP contribution in [-0.4, -0.2) is 22.0 Å². The zero-order valence-corrected chi connectivity index (χ0v) is 11.2. The maximum atomic E-state index is 11.9. The highest BCUT2D eigenvalue weighted by molar-refractivity contribution is 5.91. The molecule has 0 unspecified atom stereocenters. The summed E-state index contributed by atoms with van der Waals surface area (Å²) in [5.74, 6) is 0. The van der Waals surface area contributed by atoms with Gasteiger partial charge in [-0.05, 0) is 31.0 Å². The lowest BCUT2D eigenvalue weighted by Gasteiger charge is -2.22. The van der Waals surface area contributed by atoms with Gasteiger partial charge in [-0.3, -0.25) is 0 Å². The molecule has 0 atom stereocenters. The van der Waals surface area contributed by atoms with Crippen molar-refractivity contribution in [3.05, 3.63) is 28.7 Å². The second kappa shape index (κ2) is 5.40. The summed E-state index contributed by atoms with van der Waals surface area (Å²) in [6.45, 7) is 0. The molecule has 4 N–H and O–H groups in total. The highest BCUT2D eigenvalue weighted by Gasteiger charge is 2.15. The number of fused-ring (bicyclic) bond motifs is 1. The lowest BCUT2D eigenvalue weighted by atomic mass is 9.96. The number of carbonyl (C=O) groups is 1.